The Hall–Kier alpha value is -1.56. The van der Waals surface area contributed by atoms with Gasteiger partial charge in [0.2, 0.25) is 0 Å². The molecule has 21 heavy (non-hydrogen) atoms. The summed E-state index contributed by atoms with van der Waals surface area (Å²) in [7, 11) is 0. The van der Waals surface area contributed by atoms with Gasteiger partial charge in [-0.3, -0.25) is 9.59 Å². The van der Waals surface area contributed by atoms with E-state index in [0.717, 1.165) is 0 Å². The quantitative estimate of drug-likeness (QED) is 0.648. The summed E-state index contributed by atoms with van der Waals surface area (Å²) < 4.78 is 0. The molecule has 2 aromatic rings. The molecule has 2 N–H and O–H groups in total. The minimum Gasteiger partial charge on any atom is -0.329 e. The van der Waals surface area contributed by atoms with Crippen LogP contribution in [0.15, 0.2) is 47.8 Å². The van der Waals surface area contributed by atoms with E-state index in [4.69, 9.17) is 23.2 Å². The van der Waals surface area contributed by atoms with Crippen molar-refractivity contribution in [2.24, 2.45) is 0 Å². The summed E-state index contributed by atoms with van der Waals surface area (Å²) in [6.07, 6.45) is -0.879. The van der Waals surface area contributed by atoms with E-state index in [9.17, 15) is 9.59 Å². The van der Waals surface area contributed by atoms with Gasteiger partial charge in [-0.25, -0.2) is 0 Å². The molecule has 7 heteroatoms. The summed E-state index contributed by atoms with van der Waals surface area (Å²) in [5.74, 6) is -0.701. The van der Waals surface area contributed by atoms with Crippen molar-refractivity contribution in [1.82, 2.24) is 10.6 Å². The maximum Gasteiger partial charge on any atom is 0.263 e. The molecule has 0 saturated carbocycles. The predicted molar refractivity (Wildman–Crippen MR) is 85.0 cm³/mol. The Balaban J connectivity index is 2.03. The second kappa shape index (κ2) is 7.45. The third-order valence-corrected chi connectivity index (χ3v) is 3.98. The molecule has 0 radical (unpaired) electrons. The Labute approximate surface area is 136 Å². The van der Waals surface area contributed by atoms with E-state index in [1.54, 1.807) is 47.8 Å². The third-order valence-electron chi connectivity index (χ3n) is 2.61. The lowest BCUT2D eigenvalue weighted by atomic mass is 10.2. The van der Waals surface area contributed by atoms with Gasteiger partial charge in [-0.05, 0) is 23.6 Å². The van der Waals surface area contributed by atoms with Crippen molar-refractivity contribution in [3.8, 4) is 0 Å². The van der Waals surface area contributed by atoms with Crippen LogP contribution in [0.5, 0.6) is 0 Å². The largest absolute Gasteiger partial charge is 0.329 e. The van der Waals surface area contributed by atoms with Gasteiger partial charge in [0.05, 0.1) is 4.88 Å². The normalized spacial score (nSPS) is 12.0. The molecule has 110 valence electrons. The maximum absolute atomic E-state index is 12.1. The van der Waals surface area contributed by atoms with Gasteiger partial charge in [0.15, 0.2) is 0 Å². The lowest BCUT2D eigenvalue weighted by Crippen LogP contribution is -2.51. The molecule has 0 spiro atoms. The number of thiophene rings is 1. The van der Waals surface area contributed by atoms with E-state index in [-0.39, 0.29) is 11.8 Å². The molecule has 1 atom stereocenters. The smallest absolute Gasteiger partial charge is 0.263 e. The average molecular weight is 343 g/mol. The Kier molecular flexibility index (Phi) is 5.61. The van der Waals surface area contributed by atoms with E-state index >= 15 is 0 Å². The summed E-state index contributed by atoms with van der Waals surface area (Å²) in [5, 5.41) is 6.97. The van der Waals surface area contributed by atoms with Gasteiger partial charge in [-0.1, -0.05) is 24.3 Å². The van der Waals surface area contributed by atoms with Crippen LogP contribution in [0.4, 0.5) is 0 Å². The minimum absolute atomic E-state index is 0.338. The van der Waals surface area contributed by atoms with Crippen LogP contribution in [0.1, 0.15) is 20.0 Å². The molecule has 2 rings (SSSR count). The van der Waals surface area contributed by atoms with Gasteiger partial charge in [0.25, 0.3) is 11.8 Å². The van der Waals surface area contributed by atoms with Gasteiger partial charge in [0.1, 0.15) is 11.0 Å². The number of alkyl halides is 2. The molecule has 0 aliphatic carbocycles. The summed E-state index contributed by atoms with van der Waals surface area (Å²) >= 11 is 12.9. The molecule has 0 aliphatic heterocycles. The number of hydrogen-bond acceptors (Lipinski definition) is 3. The first-order valence-corrected chi connectivity index (χ1v) is 7.81. The average Bonchev–Trinajstić information content (AvgIpc) is 3.01. The van der Waals surface area contributed by atoms with Gasteiger partial charge in [-0.15, -0.1) is 34.5 Å². The molecule has 1 aromatic carbocycles. The Morgan fingerprint density at radius 3 is 2.19 bits per heavy atom. The number of carbonyl (C=O) groups is 2. The van der Waals surface area contributed by atoms with Gasteiger partial charge >= 0.3 is 0 Å². The van der Waals surface area contributed by atoms with Gasteiger partial charge < -0.3 is 10.6 Å². The first-order chi connectivity index (χ1) is 10.1. The van der Waals surface area contributed by atoms with Crippen LogP contribution in [0.3, 0.4) is 0 Å². The fourth-order valence-electron chi connectivity index (χ4n) is 1.60. The number of rotatable bonds is 5. The fourth-order valence-corrected chi connectivity index (χ4v) is 2.48. The summed E-state index contributed by atoms with van der Waals surface area (Å²) in [4.78, 5) is 23.6. The standard InChI is InChI=1S/C14H12Cl2N2O2S/c15-11(16)12(18-14(20)10-7-4-8-21-10)17-13(19)9-5-2-1-3-6-9/h1-8,11-12H,(H,17,19)(H,18,20)/t12-/m1/s1. The van der Waals surface area contributed by atoms with Crippen LogP contribution in [0.25, 0.3) is 0 Å². The molecule has 0 saturated heterocycles. The van der Waals surface area contributed by atoms with Crippen LogP contribution in [0, 0.1) is 0 Å². The second-order valence-corrected chi connectivity index (χ2v) is 6.21. The van der Waals surface area contributed by atoms with Gasteiger partial charge in [-0.2, -0.15) is 0 Å². The van der Waals surface area contributed by atoms with E-state index in [2.05, 4.69) is 10.6 Å². The van der Waals surface area contributed by atoms with Crippen LogP contribution < -0.4 is 10.6 Å². The number of carbonyl (C=O) groups excluding carboxylic acids is 2. The Morgan fingerprint density at radius 1 is 0.952 bits per heavy atom. The van der Waals surface area contributed by atoms with E-state index < -0.39 is 11.0 Å². The molecule has 4 nitrogen and oxygen atoms in total. The molecule has 1 aromatic heterocycles. The zero-order chi connectivity index (χ0) is 15.2. The van der Waals surface area contributed by atoms with E-state index in [1.807, 2.05) is 0 Å². The molecule has 0 unspecified atom stereocenters. The number of amides is 2. The Morgan fingerprint density at radius 2 is 1.62 bits per heavy atom. The number of benzene rings is 1. The number of nitrogens with one attached hydrogen (secondary N) is 2. The first kappa shape index (κ1) is 15.8. The summed E-state index contributed by atoms with van der Waals surface area (Å²) in [6.45, 7) is 0. The molecule has 0 fully saturated rings. The molecular weight excluding hydrogens is 331 g/mol. The van der Waals surface area contributed by atoms with Crippen molar-refractivity contribution in [3.05, 3.63) is 58.3 Å². The zero-order valence-corrected chi connectivity index (χ0v) is 13.1. The maximum atomic E-state index is 12.1. The van der Waals surface area contributed by atoms with Gasteiger partial charge in [0, 0.05) is 5.56 Å². The fraction of sp³-hybridized carbons (Fsp3) is 0.143. The van der Waals surface area contributed by atoms with Crippen LogP contribution in [0.2, 0.25) is 0 Å². The summed E-state index contributed by atoms with van der Waals surface area (Å²) in [6, 6.07) is 12.0. The van der Waals surface area contributed by atoms with E-state index in [1.165, 1.54) is 11.3 Å². The highest BCUT2D eigenvalue weighted by atomic mass is 35.5. The highest BCUT2D eigenvalue weighted by Gasteiger charge is 2.23. The van der Waals surface area contributed by atoms with Crippen molar-refractivity contribution < 1.29 is 9.59 Å². The lowest BCUT2D eigenvalue weighted by molar-refractivity contribution is 0.0891. The van der Waals surface area contributed by atoms with Crippen LogP contribution in [-0.2, 0) is 0 Å². The highest BCUT2D eigenvalue weighted by molar-refractivity contribution is 7.12. The molecular formula is C14H12Cl2N2O2S. The SMILES string of the molecule is O=C(N[C@H](NC(=O)c1cccs1)C(Cl)Cl)c1ccccc1. The predicted octanol–water partition coefficient (Wildman–Crippen LogP) is 3.04. The van der Waals surface area contributed by atoms with E-state index in [0.29, 0.717) is 10.4 Å². The number of halogens is 2. The van der Waals surface area contributed by atoms with Crippen molar-refractivity contribution >= 4 is 46.4 Å². The third kappa shape index (κ3) is 4.46. The van der Waals surface area contributed by atoms with Crippen molar-refractivity contribution in [2.45, 2.75) is 11.0 Å². The highest BCUT2D eigenvalue weighted by Crippen LogP contribution is 2.11. The molecule has 0 aliphatic rings. The van der Waals surface area contributed by atoms with Crippen molar-refractivity contribution in [3.63, 3.8) is 0 Å². The minimum atomic E-state index is -0.971. The summed E-state index contributed by atoms with van der Waals surface area (Å²) in [5.41, 5.74) is 0.460. The Bertz CT molecular complexity index is 603. The van der Waals surface area contributed by atoms with Crippen molar-refractivity contribution in [1.29, 1.82) is 0 Å². The van der Waals surface area contributed by atoms with Crippen LogP contribution >= 0.6 is 34.5 Å². The van der Waals surface area contributed by atoms with Crippen molar-refractivity contribution in [2.75, 3.05) is 0 Å². The molecule has 0 bridgehead atoms. The number of hydrogen-bond donors (Lipinski definition) is 2. The lowest BCUT2D eigenvalue weighted by Gasteiger charge is -2.20. The molecule has 2 amide bonds. The topological polar surface area (TPSA) is 58.2 Å². The second-order valence-electron chi connectivity index (χ2n) is 4.10. The first-order valence-electron chi connectivity index (χ1n) is 6.06. The monoisotopic (exact) mass is 342 g/mol. The van der Waals surface area contributed by atoms with Crippen LogP contribution in [-0.4, -0.2) is 22.8 Å². The molecule has 1 heterocycles. The zero-order valence-electron chi connectivity index (χ0n) is 10.8.